The van der Waals surface area contributed by atoms with Crippen molar-refractivity contribution in [2.45, 2.75) is 33.6 Å². The van der Waals surface area contributed by atoms with E-state index in [1.165, 1.54) is 5.56 Å². The summed E-state index contributed by atoms with van der Waals surface area (Å²) >= 11 is 0. The predicted molar refractivity (Wildman–Crippen MR) is 87.7 cm³/mol. The van der Waals surface area contributed by atoms with E-state index in [1.54, 1.807) is 12.2 Å². The summed E-state index contributed by atoms with van der Waals surface area (Å²) in [4.78, 5) is 24.7. The van der Waals surface area contributed by atoms with Gasteiger partial charge < -0.3 is 5.32 Å². The van der Waals surface area contributed by atoms with E-state index in [4.69, 9.17) is 0 Å². The van der Waals surface area contributed by atoms with Crippen LogP contribution in [0, 0.1) is 32.1 Å². The third kappa shape index (κ3) is 2.21. The normalized spacial score (nSPS) is 26.4. The van der Waals surface area contributed by atoms with Crippen molar-refractivity contribution >= 4 is 17.4 Å². The van der Waals surface area contributed by atoms with Gasteiger partial charge in [-0.25, -0.2) is 0 Å². The Morgan fingerprint density at radius 3 is 2.55 bits per heavy atom. The molecule has 0 heterocycles. The van der Waals surface area contributed by atoms with Crippen LogP contribution in [0.4, 0.5) is 5.69 Å². The number of hydrogen-bond donors (Lipinski definition) is 1. The van der Waals surface area contributed by atoms with Gasteiger partial charge in [-0.3, -0.25) is 9.59 Å². The summed E-state index contributed by atoms with van der Waals surface area (Å²) in [6.45, 7) is 10.0. The number of hydrogen-bond acceptors (Lipinski definition) is 2. The van der Waals surface area contributed by atoms with Crippen molar-refractivity contribution in [1.29, 1.82) is 0 Å². The van der Waals surface area contributed by atoms with Gasteiger partial charge in [0, 0.05) is 11.6 Å². The summed E-state index contributed by atoms with van der Waals surface area (Å²) in [7, 11) is 0. The van der Waals surface area contributed by atoms with Gasteiger partial charge in [0.05, 0.1) is 5.41 Å². The van der Waals surface area contributed by atoms with Crippen molar-refractivity contribution in [3.05, 3.63) is 53.1 Å². The van der Waals surface area contributed by atoms with Crippen molar-refractivity contribution < 1.29 is 9.59 Å². The lowest BCUT2D eigenvalue weighted by Gasteiger charge is -2.27. The van der Waals surface area contributed by atoms with Crippen LogP contribution in [0.25, 0.3) is 0 Å². The molecule has 0 radical (unpaired) electrons. The van der Waals surface area contributed by atoms with Gasteiger partial charge in [0.1, 0.15) is 0 Å². The van der Waals surface area contributed by atoms with Crippen LogP contribution >= 0.6 is 0 Å². The first-order valence-electron chi connectivity index (χ1n) is 7.62. The van der Waals surface area contributed by atoms with E-state index >= 15 is 0 Å². The molecule has 1 N–H and O–H groups in total. The Morgan fingerprint density at radius 1 is 1.27 bits per heavy atom. The summed E-state index contributed by atoms with van der Waals surface area (Å²) in [5.41, 5.74) is 4.45. The molecular formula is C19H21NO2. The largest absolute Gasteiger partial charge is 0.325 e. The second-order valence-corrected chi connectivity index (χ2v) is 6.71. The molecule has 0 aromatic heterocycles. The van der Waals surface area contributed by atoms with Gasteiger partial charge in [-0.2, -0.15) is 0 Å². The number of fused-ring (bicyclic) bond motifs is 2. The maximum Gasteiger partial charge on any atom is 0.234 e. The van der Waals surface area contributed by atoms with Crippen molar-refractivity contribution in [3.8, 4) is 0 Å². The average Bonchev–Trinajstić information content (AvgIpc) is 2.73. The summed E-state index contributed by atoms with van der Waals surface area (Å²) in [6.07, 6.45) is 4.45. The lowest BCUT2D eigenvalue weighted by atomic mass is 9.79. The van der Waals surface area contributed by atoms with E-state index in [-0.39, 0.29) is 17.6 Å². The van der Waals surface area contributed by atoms with E-state index in [0.717, 1.165) is 22.4 Å². The minimum absolute atomic E-state index is 0.0325. The molecule has 0 unspecified atom stereocenters. The monoisotopic (exact) mass is 295 g/mol. The SMILES string of the molecule is C=C1C[C@@]2(C(=O)Nc3c(C)cc(C)cc3C)C=CC(=O)[C@@H]1C2. The second kappa shape index (κ2) is 4.94. The summed E-state index contributed by atoms with van der Waals surface area (Å²) in [5.74, 6) is -0.139. The summed E-state index contributed by atoms with van der Waals surface area (Å²) in [6, 6.07) is 4.13. The maximum atomic E-state index is 12.9. The Kier molecular flexibility index (Phi) is 3.32. The molecule has 0 saturated heterocycles. The third-order valence-corrected chi connectivity index (χ3v) is 4.88. The molecule has 2 aliphatic carbocycles. The third-order valence-electron chi connectivity index (χ3n) is 4.88. The van der Waals surface area contributed by atoms with Crippen LogP contribution in [0.15, 0.2) is 36.4 Å². The number of nitrogens with one attached hydrogen (secondary N) is 1. The lowest BCUT2D eigenvalue weighted by Crippen LogP contribution is -2.35. The highest BCUT2D eigenvalue weighted by Crippen LogP contribution is 2.49. The van der Waals surface area contributed by atoms with Gasteiger partial charge in [-0.05, 0) is 50.8 Å². The average molecular weight is 295 g/mol. The van der Waals surface area contributed by atoms with Crippen LogP contribution in [-0.4, -0.2) is 11.7 Å². The van der Waals surface area contributed by atoms with E-state index < -0.39 is 5.41 Å². The van der Waals surface area contributed by atoms with Gasteiger partial charge >= 0.3 is 0 Å². The number of amides is 1. The highest BCUT2D eigenvalue weighted by atomic mass is 16.2. The molecule has 2 aliphatic rings. The number of benzene rings is 1. The molecule has 1 fully saturated rings. The molecule has 1 aromatic rings. The zero-order chi connectivity index (χ0) is 16.1. The van der Waals surface area contributed by atoms with Crippen LogP contribution in [0.3, 0.4) is 0 Å². The van der Waals surface area contributed by atoms with E-state index in [1.807, 2.05) is 20.8 Å². The Hall–Kier alpha value is -2.16. The zero-order valence-corrected chi connectivity index (χ0v) is 13.3. The maximum absolute atomic E-state index is 12.9. The lowest BCUT2D eigenvalue weighted by molar-refractivity contribution is -0.124. The fraction of sp³-hybridized carbons (Fsp3) is 0.368. The number of anilines is 1. The van der Waals surface area contributed by atoms with Crippen molar-refractivity contribution in [2.75, 3.05) is 5.32 Å². The smallest absolute Gasteiger partial charge is 0.234 e. The predicted octanol–water partition coefficient (Wildman–Crippen LogP) is 3.64. The number of rotatable bonds is 2. The quantitative estimate of drug-likeness (QED) is 0.847. The molecule has 1 aromatic carbocycles. The molecule has 3 rings (SSSR count). The van der Waals surface area contributed by atoms with Crippen LogP contribution in [-0.2, 0) is 9.59 Å². The summed E-state index contributed by atoms with van der Waals surface area (Å²) in [5, 5.41) is 3.09. The van der Waals surface area contributed by atoms with Crippen LogP contribution in [0.2, 0.25) is 0 Å². The topological polar surface area (TPSA) is 46.2 Å². The molecular weight excluding hydrogens is 274 g/mol. The van der Waals surface area contributed by atoms with Gasteiger partial charge in [-0.1, -0.05) is 35.9 Å². The molecule has 0 aliphatic heterocycles. The first-order chi connectivity index (χ1) is 10.3. The standard InChI is InChI=1S/C19H21NO2/c1-11-7-12(2)17(13(3)8-11)20-18(22)19-6-5-16(21)15(10-19)14(4)9-19/h5-8,15H,4,9-10H2,1-3H3,(H,20,22)/t15-,19+/m1/s1. The first kappa shape index (κ1) is 14.8. The minimum atomic E-state index is -0.612. The molecule has 3 heteroatoms. The van der Waals surface area contributed by atoms with Crippen molar-refractivity contribution in [1.82, 2.24) is 0 Å². The Balaban J connectivity index is 1.92. The van der Waals surface area contributed by atoms with Crippen LogP contribution in [0.1, 0.15) is 29.5 Å². The molecule has 114 valence electrons. The Bertz CT molecular complexity index is 706. The number of carbonyl (C=O) groups is 2. The zero-order valence-electron chi connectivity index (χ0n) is 13.3. The number of allylic oxidation sites excluding steroid dienone is 2. The van der Waals surface area contributed by atoms with Crippen LogP contribution < -0.4 is 5.32 Å². The van der Waals surface area contributed by atoms with Gasteiger partial charge in [0.15, 0.2) is 5.78 Å². The number of aryl methyl sites for hydroxylation is 3. The minimum Gasteiger partial charge on any atom is -0.325 e. The van der Waals surface area contributed by atoms with Crippen LogP contribution in [0.5, 0.6) is 0 Å². The van der Waals surface area contributed by atoms with E-state index in [9.17, 15) is 9.59 Å². The van der Waals surface area contributed by atoms with Gasteiger partial charge in [-0.15, -0.1) is 0 Å². The number of carbonyl (C=O) groups excluding carboxylic acids is 2. The van der Waals surface area contributed by atoms with E-state index in [2.05, 4.69) is 24.0 Å². The molecule has 1 saturated carbocycles. The molecule has 2 atom stereocenters. The van der Waals surface area contributed by atoms with Crippen molar-refractivity contribution in [3.63, 3.8) is 0 Å². The summed E-state index contributed by atoms with van der Waals surface area (Å²) < 4.78 is 0. The highest BCUT2D eigenvalue weighted by Gasteiger charge is 2.49. The Labute approximate surface area is 131 Å². The Morgan fingerprint density at radius 2 is 1.91 bits per heavy atom. The molecule has 22 heavy (non-hydrogen) atoms. The fourth-order valence-corrected chi connectivity index (χ4v) is 3.76. The van der Waals surface area contributed by atoms with Crippen molar-refractivity contribution in [2.24, 2.45) is 11.3 Å². The van der Waals surface area contributed by atoms with Gasteiger partial charge in [0.25, 0.3) is 0 Å². The molecule has 2 bridgehead atoms. The molecule has 1 amide bonds. The molecule has 3 nitrogen and oxygen atoms in total. The highest BCUT2D eigenvalue weighted by molar-refractivity contribution is 6.04. The van der Waals surface area contributed by atoms with Gasteiger partial charge in [0.2, 0.25) is 5.91 Å². The first-order valence-corrected chi connectivity index (χ1v) is 7.62. The molecule has 0 spiro atoms. The number of ketones is 1. The van der Waals surface area contributed by atoms with E-state index in [0.29, 0.717) is 12.8 Å². The second-order valence-electron chi connectivity index (χ2n) is 6.71. The fourth-order valence-electron chi connectivity index (χ4n) is 3.76.